The van der Waals surface area contributed by atoms with Crippen molar-refractivity contribution in [2.45, 2.75) is 46.2 Å². The molecule has 0 bridgehead atoms. The first-order valence-corrected chi connectivity index (χ1v) is 6.00. The zero-order chi connectivity index (χ0) is 12.7. The molecule has 2 atom stereocenters. The van der Waals surface area contributed by atoms with Gasteiger partial charge in [-0.25, -0.2) is 0 Å². The van der Waals surface area contributed by atoms with E-state index < -0.39 is 6.04 Å². The standard InChI is InChI=1S/C12H26N2O2/c1-6-10(4)14(7-8-16-5)12(15)11(13)9(2)3/h9-11H,6-8,13H2,1-5H3/t10?,11-/m1/s1. The fourth-order valence-corrected chi connectivity index (χ4v) is 1.43. The summed E-state index contributed by atoms with van der Waals surface area (Å²) in [5.41, 5.74) is 5.89. The molecule has 0 heterocycles. The summed E-state index contributed by atoms with van der Waals surface area (Å²) in [5, 5.41) is 0. The fraction of sp³-hybridized carbons (Fsp3) is 0.917. The summed E-state index contributed by atoms with van der Waals surface area (Å²) in [5.74, 6) is 0.197. The maximum atomic E-state index is 12.1. The van der Waals surface area contributed by atoms with Crippen LogP contribution in [0.2, 0.25) is 0 Å². The van der Waals surface area contributed by atoms with Gasteiger partial charge in [0.1, 0.15) is 0 Å². The lowest BCUT2D eigenvalue weighted by atomic mass is 10.0. The van der Waals surface area contributed by atoms with Gasteiger partial charge in [-0.05, 0) is 19.3 Å². The fourth-order valence-electron chi connectivity index (χ4n) is 1.43. The van der Waals surface area contributed by atoms with Crippen LogP contribution in [0.4, 0.5) is 0 Å². The SMILES string of the molecule is CCC(C)N(CCOC)C(=O)[C@H](N)C(C)C. The molecule has 96 valence electrons. The van der Waals surface area contributed by atoms with E-state index in [0.29, 0.717) is 13.2 Å². The van der Waals surface area contributed by atoms with Crippen LogP contribution in [-0.4, -0.2) is 43.2 Å². The Morgan fingerprint density at radius 3 is 2.31 bits per heavy atom. The maximum absolute atomic E-state index is 12.1. The van der Waals surface area contributed by atoms with E-state index in [0.717, 1.165) is 6.42 Å². The van der Waals surface area contributed by atoms with Crippen molar-refractivity contribution in [3.63, 3.8) is 0 Å². The monoisotopic (exact) mass is 230 g/mol. The zero-order valence-electron chi connectivity index (χ0n) is 11.2. The van der Waals surface area contributed by atoms with Crippen LogP contribution >= 0.6 is 0 Å². The average Bonchev–Trinajstić information content (AvgIpc) is 2.27. The van der Waals surface area contributed by atoms with Crippen molar-refractivity contribution < 1.29 is 9.53 Å². The largest absolute Gasteiger partial charge is 0.383 e. The quantitative estimate of drug-likeness (QED) is 0.716. The molecule has 0 saturated heterocycles. The molecule has 0 saturated carbocycles. The Bertz CT molecular complexity index is 207. The molecule has 16 heavy (non-hydrogen) atoms. The van der Waals surface area contributed by atoms with Crippen LogP contribution in [0, 0.1) is 5.92 Å². The number of nitrogens with two attached hydrogens (primary N) is 1. The lowest BCUT2D eigenvalue weighted by molar-refractivity contribution is -0.136. The lowest BCUT2D eigenvalue weighted by Gasteiger charge is -2.31. The number of nitrogens with zero attached hydrogens (tertiary/aromatic N) is 1. The number of rotatable bonds is 7. The van der Waals surface area contributed by atoms with E-state index in [2.05, 4.69) is 6.92 Å². The number of methoxy groups -OCH3 is 1. The van der Waals surface area contributed by atoms with Crippen LogP contribution in [0.3, 0.4) is 0 Å². The predicted octanol–water partition coefficient (Wildman–Crippen LogP) is 1.24. The van der Waals surface area contributed by atoms with E-state index in [4.69, 9.17) is 10.5 Å². The summed E-state index contributed by atoms with van der Waals surface area (Å²) >= 11 is 0. The van der Waals surface area contributed by atoms with E-state index in [9.17, 15) is 4.79 Å². The van der Waals surface area contributed by atoms with E-state index in [1.807, 2.05) is 25.7 Å². The van der Waals surface area contributed by atoms with Gasteiger partial charge >= 0.3 is 0 Å². The summed E-state index contributed by atoms with van der Waals surface area (Å²) in [6.45, 7) is 9.21. The van der Waals surface area contributed by atoms with Crippen molar-refractivity contribution in [2.75, 3.05) is 20.3 Å². The summed E-state index contributed by atoms with van der Waals surface area (Å²) < 4.78 is 5.02. The number of ether oxygens (including phenoxy) is 1. The smallest absolute Gasteiger partial charge is 0.240 e. The summed E-state index contributed by atoms with van der Waals surface area (Å²) in [4.78, 5) is 14.0. The van der Waals surface area contributed by atoms with Gasteiger partial charge in [-0.3, -0.25) is 4.79 Å². The van der Waals surface area contributed by atoms with Crippen molar-refractivity contribution in [1.29, 1.82) is 0 Å². The molecule has 4 heteroatoms. The average molecular weight is 230 g/mol. The highest BCUT2D eigenvalue weighted by Gasteiger charge is 2.25. The van der Waals surface area contributed by atoms with Crippen molar-refractivity contribution in [2.24, 2.45) is 11.7 Å². The number of carbonyl (C=O) groups excluding carboxylic acids is 1. The number of hydrogen-bond acceptors (Lipinski definition) is 3. The molecule has 0 fully saturated rings. The van der Waals surface area contributed by atoms with Crippen molar-refractivity contribution in [1.82, 2.24) is 4.90 Å². The molecule has 0 aliphatic heterocycles. The Morgan fingerprint density at radius 1 is 1.38 bits per heavy atom. The van der Waals surface area contributed by atoms with Gasteiger partial charge in [-0.2, -0.15) is 0 Å². The van der Waals surface area contributed by atoms with Gasteiger partial charge in [0.05, 0.1) is 12.6 Å². The molecule has 4 nitrogen and oxygen atoms in total. The molecule has 0 rings (SSSR count). The van der Waals surface area contributed by atoms with Gasteiger partial charge in [0.25, 0.3) is 0 Å². The third-order valence-electron chi connectivity index (χ3n) is 2.95. The third-order valence-corrected chi connectivity index (χ3v) is 2.95. The molecule has 0 radical (unpaired) electrons. The van der Waals surface area contributed by atoms with Gasteiger partial charge in [-0.15, -0.1) is 0 Å². The minimum absolute atomic E-state index is 0.0291. The van der Waals surface area contributed by atoms with Crippen molar-refractivity contribution >= 4 is 5.91 Å². The van der Waals surface area contributed by atoms with Crippen LogP contribution in [0.5, 0.6) is 0 Å². The second-order valence-corrected chi connectivity index (χ2v) is 4.55. The minimum atomic E-state index is -0.411. The van der Waals surface area contributed by atoms with Crippen molar-refractivity contribution in [3.05, 3.63) is 0 Å². The van der Waals surface area contributed by atoms with Gasteiger partial charge in [-0.1, -0.05) is 20.8 Å². The van der Waals surface area contributed by atoms with Gasteiger partial charge in [0.15, 0.2) is 0 Å². The van der Waals surface area contributed by atoms with Crippen LogP contribution in [0.1, 0.15) is 34.1 Å². The Labute approximate surface area is 99.1 Å². The summed E-state index contributed by atoms with van der Waals surface area (Å²) in [6, 6.07) is -0.196. The molecule has 0 aromatic carbocycles. The lowest BCUT2D eigenvalue weighted by Crippen LogP contribution is -2.50. The van der Waals surface area contributed by atoms with Gasteiger partial charge in [0.2, 0.25) is 5.91 Å². The molecule has 0 aromatic rings. The Kier molecular flexibility index (Phi) is 7.34. The van der Waals surface area contributed by atoms with Crippen LogP contribution in [-0.2, 0) is 9.53 Å². The molecule has 2 N–H and O–H groups in total. The maximum Gasteiger partial charge on any atom is 0.240 e. The molecule has 1 amide bonds. The normalized spacial score (nSPS) is 14.9. The molecule has 1 unspecified atom stereocenters. The minimum Gasteiger partial charge on any atom is -0.383 e. The van der Waals surface area contributed by atoms with Crippen LogP contribution in [0.15, 0.2) is 0 Å². The van der Waals surface area contributed by atoms with E-state index >= 15 is 0 Å². The molecule has 0 aliphatic carbocycles. The van der Waals surface area contributed by atoms with Gasteiger partial charge in [0, 0.05) is 19.7 Å². The second kappa shape index (κ2) is 7.63. The van der Waals surface area contributed by atoms with Crippen LogP contribution in [0.25, 0.3) is 0 Å². The highest BCUT2D eigenvalue weighted by atomic mass is 16.5. The Balaban J connectivity index is 4.54. The summed E-state index contributed by atoms with van der Waals surface area (Å²) in [6.07, 6.45) is 0.931. The van der Waals surface area contributed by atoms with E-state index in [-0.39, 0.29) is 17.9 Å². The predicted molar refractivity (Wildman–Crippen MR) is 66.2 cm³/mol. The number of amides is 1. The molecule has 0 aliphatic rings. The van der Waals surface area contributed by atoms with Crippen LogP contribution < -0.4 is 5.73 Å². The number of carbonyl (C=O) groups is 1. The van der Waals surface area contributed by atoms with E-state index in [1.165, 1.54) is 0 Å². The second-order valence-electron chi connectivity index (χ2n) is 4.55. The summed E-state index contributed by atoms with van der Waals surface area (Å²) in [7, 11) is 1.64. The third kappa shape index (κ3) is 4.49. The Morgan fingerprint density at radius 2 is 1.94 bits per heavy atom. The Hall–Kier alpha value is -0.610. The number of hydrogen-bond donors (Lipinski definition) is 1. The first kappa shape index (κ1) is 15.4. The molecular formula is C12H26N2O2. The van der Waals surface area contributed by atoms with Gasteiger partial charge < -0.3 is 15.4 Å². The highest BCUT2D eigenvalue weighted by molar-refractivity contribution is 5.82. The van der Waals surface area contributed by atoms with Crippen molar-refractivity contribution in [3.8, 4) is 0 Å². The zero-order valence-corrected chi connectivity index (χ0v) is 11.2. The first-order chi connectivity index (χ1) is 7.45. The van der Waals surface area contributed by atoms with E-state index in [1.54, 1.807) is 7.11 Å². The first-order valence-electron chi connectivity index (χ1n) is 6.00. The molecular weight excluding hydrogens is 204 g/mol. The molecule has 0 aromatic heterocycles. The molecule has 0 spiro atoms. The topological polar surface area (TPSA) is 55.6 Å². The highest BCUT2D eigenvalue weighted by Crippen LogP contribution is 2.09.